The van der Waals surface area contributed by atoms with E-state index in [1.165, 1.54) is 24.2 Å². The van der Waals surface area contributed by atoms with E-state index in [1.807, 2.05) is 0 Å². The van der Waals surface area contributed by atoms with Crippen LogP contribution in [0.2, 0.25) is 0 Å². The van der Waals surface area contributed by atoms with E-state index in [9.17, 15) is 9.50 Å². The van der Waals surface area contributed by atoms with Crippen LogP contribution in [0.4, 0.5) is 10.1 Å². The summed E-state index contributed by atoms with van der Waals surface area (Å²) >= 11 is 1.38. The van der Waals surface area contributed by atoms with E-state index in [0.29, 0.717) is 16.3 Å². The lowest BCUT2D eigenvalue weighted by Crippen LogP contribution is -2.34. The lowest BCUT2D eigenvalue weighted by molar-refractivity contribution is 0.0273. The van der Waals surface area contributed by atoms with Crippen LogP contribution in [0.3, 0.4) is 0 Å². The van der Waals surface area contributed by atoms with Gasteiger partial charge in [0.05, 0.1) is 5.60 Å². The van der Waals surface area contributed by atoms with Crippen LogP contribution >= 0.6 is 11.8 Å². The molecule has 1 aliphatic rings. The first kappa shape index (κ1) is 12.7. The first-order chi connectivity index (χ1) is 8.09. The average molecular weight is 255 g/mol. The molecule has 1 aromatic carbocycles. The second-order valence-corrected chi connectivity index (χ2v) is 5.78. The molecule has 1 saturated carbocycles. The van der Waals surface area contributed by atoms with E-state index in [4.69, 9.17) is 5.73 Å². The summed E-state index contributed by atoms with van der Waals surface area (Å²) in [5.74, 6) is 0.266. The van der Waals surface area contributed by atoms with Crippen molar-refractivity contribution in [3.63, 3.8) is 0 Å². The fourth-order valence-corrected chi connectivity index (χ4v) is 3.27. The van der Waals surface area contributed by atoms with Crippen LogP contribution in [0, 0.1) is 5.82 Å². The molecule has 1 fully saturated rings. The van der Waals surface area contributed by atoms with Gasteiger partial charge in [0.1, 0.15) is 5.82 Å². The number of anilines is 1. The van der Waals surface area contributed by atoms with Crippen molar-refractivity contribution in [2.45, 2.75) is 42.6 Å². The van der Waals surface area contributed by atoms with Crippen molar-refractivity contribution in [3.05, 3.63) is 24.0 Å². The molecular weight excluding hydrogens is 237 g/mol. The molecule has 0 aromatic heterocycles. The SMILES string of the molecule is Nc1ccc(SCC2(O)CCCCC2)c(F)c1. The third kappa shape index (κ3) is 3.36. The Balaban J connectivity index is 1.97. The summed E-state index contributed by atoms with van der Waals surface area (Å²) in [7, 11) is 0. The highest BCUT2D eigenvalue weighted by Gasteiger charge is 2.29. The second kappa shape index (κ2) is 5.27. The number of thioether (sulfide) groups is 1. The largest absolute Gasteiger partial charge is 0.399 e. The van der Waals surface area contributed by atoms with E-state index in [-0.39, 0.29) is 5.82 Å². The van der Waals surface area contributed by atoms with Gasteiger partial charge >= 0.3 is 0 Å². The minimum absolute atomic E-state index is 0.297. The average Bonchev–Trinajstić information content (AvgIpc) is 2.29. The molecule has 17 heavy (non-hydrogen) atoms. The zero-order valence-electron chi connectivity index (χ0n) is 9.79. The molecule has 0 radical (unpaired) electrons. The molecule has 4 heteroatoms. The monoisotopic (exact) mass is 255 g/mol. The highest BCUT2D eigenvalue weighted by molar-refractivity contribution is 7.99. The number of nitrogens with two attached hydrogens (primary N) is 1. The molecular formula is C13H18FNOS. The van der Waals surface area contributed by atoms with Gasteiger partial charge in [-0.25, -0.2) is 4.39 Å². The smallest absolute Gasteiger partial charge is 0.138 e. The van der Waals surface area contributed by atoms with Crippen LogP contribution in [-0.4, -0.2) is 16.5 Å². The van der Waals surface area contributed by atoms with Crippen molar-refractivity contribution in [2.24, 2.45) is 0 Å². The minimum atomic E-state index is -0.614. The fraction of sp³-hybridized carbons (Fsp3) is 0.538. The maximum Gasteiger partial charge on any atom is 0.138 e. The van der Waals surface area contributed by atoms with Crippen LogP contribution in [0.1, 0.15) is 32.1 Å². The van der Waals surface area contributed by atoms with E-state index in [1.54, 1.807) is 12.1 Å². The van der Waals surface area contributed by atoms with Crippen LogP contribution in [0.15, 0.2) is 23.1 Å². The lowest BCUT2D eigenvalue weighted by atomic mass is 9.86. The predicted octanol–water partition coefficient (Wildman–Crippen LogP) is 3.20. The highest BCUT2D eigenvalue weighted by Crippen LogP contribution is 2.34. The highest BCUT2D eigenvalue weighted by atomic mass is 32.2. The molecule has 0 spiro atoms. The summed E-state index contributed by atoms with van der Waals surface area (Å²) in [6.45, 7) is 0. The summed E-state index contributed by atoms with van der Waals surface area (Å²) in [5, 5.41) is 10.3. The Hall–Kier alpha value is -0.740. The summed E-state index contributed by atoms with van der Waals surface area (Å²) in [4.78, 5) is 0.568. The third-order valence-corrected chi connectivity index (χ3v) is 4.56. The van der Waals surface area contributed by atoms with Crippen molar-refractivity contribution in [2.75, 3.05) is 11.5 Å². The molecule has 0 aliphatic heterocycles. The molecule has 0 bridgehead atoms. The molecule has 2 rings (SSSR count). The minimum Gasteiger partial charge on any atom is -0.399 e. The number of aliphatic hydroxyl groups is 1. The van der Waals surface area contributed by atoms with Gasteiger partial charge in [0.15, 0.2) is 0 Å². The van der Waals surface area contributed by atoms with Crippen LogP contribution < -0.4 is 5.73 Å². The van der Waals surface area contributed by atoms with Gasteiger partial charge in [-0.1, -0.05) is 19.3 Å². The van der Waals surface area contributed by atoms with Crippen molar-refractivity contribution in [1.82, 2.24) is 0 Å². The van der Waals surface area contributed by atoms with Gasteiger partial charge in [-0.3, -0.25) is 0 Å². The van der Waals surface area contributed by atoms with E-state index < -0.39 is 5.60 Å². The first-order valence-electron chi connectivity index (χ1n) is 5.99. The maximum atomic E-state index is 13.5. The molecule has 0 amide bonds. The van der Waals surface area contributed by atoms with E-state index in [0.717, 1.165) is 25.7 Å². The van der Waals surface area contributed by atoms with Gasteiger partial charge in [0.25, 0.3) is 0 Å². The molecule has 2 nitrogen and oxygen atoms in total. The fourth-order valence-electron chi connectivity index (χ4n) is 2.20. The third-order valence-electron chi connectivity index (χ3n) is 3.24. The Morgan fingerprint density at radius 3 is 2.65 bits per heavy atom. The number of halogens is 1. The lowest BCUT2D eigenvalue weighted by Gasteiger charge is -2.31. The molecule has 1 aromatic rings. The molecule has 3 N–H and O–H groups in total. The van der Waals surface area contributed by atoms with Crippen molar-refractivity contribution in [3.8, 4) is 0 Å². The van der Waals surface area contributed by atoms with Crippen LogP contribution in [0.5, 0.6) is 0 Å². The van der Waals surface area contributed by atoms with Crippen molar-refractivity contribution >= 4 is 17.4 Å². The van der Waals surface area contributed by atoms with Crippen molar-refractivity contribution in [1.29, 1.82) is 0 Å². The molecule has 0 unspecified atom stereocenters. The van der Waals surface area contributed by atoms with Gasteiger partial charge in [-0.05, 0) is 31.0 Å². The summed E-state index contributed by atoms with van der Waals surface area (Å²) < 4.78 is 13.5. The van der Waals surface area contributed by atoms with Gasteiger partial charge in [-0.15, -0.1) is 11.8 Å². The van der Waals surface area contributed by atoms with E-state index in [2.05, 4.69) is 0 Å². The zero-order chi connectivity index (χ0) is 12.3. The van der Waals surface area contributed by atoms with Crippen LogP contribution in [0.25, 0.3) is 0 Å². The Morgan fingerprint density at radius 1 is 1.29 bits per heavy atom. The Morgan fingerprint density at radius 2 is 2.00 bits per heavy atom. The Kier molecular flexibility index (Phi) is 3.94. The molecule has 1 aliphatic carbocycles. The van der Waals surface area contributed by atoms with Gasteiger partial charge in [0.2, 0.25) is 0 Å². The maximum absolute atomic E-state index is 13.5. The molecule has 0 heterocycles. The quantitative estimate of drug-likeness (QED) is 0.644. The number of rotatable bonds is 3. The summed E-state index contributed by atoms with van der Waals surface area (Å²) in [6.07, 6.45) is 5.00. The topological polar surface area (TPSA) is 46.2 Å². The summed E-state index contributed by atoms with van der Waals surface area (Å²) in [5.41, 5.74) is 5.31. The number of nitrogen functional groups attached to an aromatic ring is 1. The normalized spacial score (nSPS) is 19.2. The van der Waals surface area contributed by atoms with Gasteiger partial charge in [-0.2, -0.15) is 0 Å². The Labute approximate surface area is 105 Å². The molecule has 0 atom stereocenters. The number of hydrogen-bond donors (Lipinski definition) is 2. The predicted molar refractivity (Wildman–Crippen MR) is 69.6 cm³/mol. The van der Waals surface area contributed by atoms with E-state index >= 15 is 0 Å². The number of benzene rings is 1. The first-order valence-corrected chi connectivity index (χ1v) is 6.98. The number of hydrogen-bond acceptors (Lipinski definition) is 3. The molecule has 0 saturated heterocycles. The Bertz CT molecular complexity index is 391. The van der Waals surface area contributed by atoms with Gasteiger partial charge in [0, 0.05) is 16.3 Å². The second-order valence-electron chi connectivity index (χ2n) is 4.76. The standard InChI is InChI=1S/C13H18FNOS/c14-11-8-10(15)4-5-12(11)17-9-13(16)6-2-1-3-7-13/h4-5,8,16H,1-3,6-7,9,15H2. The van der Waals surface area contributed by atoms with Crippen molar-refractivity contribution < 1.29 is 9.50 Å². The zero-order valence-corrected chi connectivity index (χ0v) is 10.6. The summed E-state index contributed by atoms with van der Waals surface area (Å²) in [6, 6.07) is 4.70. The van der Waals surface area contributed by atoms with Crippen LogP contribution in [-0.2, 0) is 0 Å². The van der Waals surface area contributed by atoms with Gasteiger partial charge < -0.3 is 10.8 Å². The molecule has 94 valence electrons.